The molecule has 0 heterocycles. The van der Waals surface area contributed by atoms with Gasteiger partial charge in [-0.15, -0.1) is 0 Å². The average molecular weight is 599 g/mol. The van der Waals surface area contributed by atoms with Crippen LogP contribution in [0.5, 0.6) is 5.75 Å². The van der Waals surface area contributed by atoms with E-state index in [4.69, 9.17) is 4.52 Å². The van der Waals surface area contributed by atoms with Crippen LogP contribution in [0.25, 0.3) is 0 Å². The Kier molecular flexibility index (Phi) is 9.01. The first-order valence-corrected chi connectivity index (χ1v) is 16.7. The summed E-state index contributed by atoms with van der Waals surface area (Å²) < 4.78 is 81.8. The van der Waals surface area contributed by atoms with Gasteiger partial charge in [0.1, 0.15) is 5.75 Å². The van der Waals surface area contributed by atoms with Crippen LogP contribution in [0.1, 0.15) is 82.3 Å². The average Bonchev–Trinajstić information content (AvgIpc) is 3.11. The number of hydrogen-bond acceptors (Lipinski definition) is 4. The van der Waals surface area contributed by atoms with Crippen molar-refractivity contribution >= 4 is 18.6 Å². The number of phosphoric ester groups is 1. The Hall–Kier alpha value is -1.00. The molecule has 4 rings (SSSR count). The molecule has 39 heavy (non-hydrogen) atoms. The molecule has 6 nitrogen and oxygen atoms in total. The van der Waals surface area contributed by atoms with Gasteiger partial charge >= 0.3 is 19.7 Å². The molecule has 0 aliphatic heterocycles. The van der Waals surface area contributed by atoms with Crippen LogP contribution in [0, 0.1) is 23.2 Å². The Morgan fingerprint density at radius 2 is 1.82 bits per heavy atom. The first kappa shape index (κ1) is 30.9. The predicted molar refractivity (Wildman–Crippen MR) is 141 cm³/mol. The summed E-state index contributed by atoms with van der Waals surface area (Å²) in [5, 5.41) is 10.8. The lowest BCUT2D eigenvalue weighted by molar-refractivity contribution is -0.200. The number of rotatable bonds is 11. The monoisotopic (exact) mass is 598 g/mol. The van der Waals surface area contributed by atoms with Crippen molar-refractivity contribution in [3.63, 3.8) is 0 Å². The van der Waals surface area contributed by atoms with Gasteiger partial charge in [-0.1, -0.05) is 13.0 Å². The minimum absolute atomic E-state index is 0.0544. The summed E-state index contributed by atoms with van der Waals surface area (Å²) in [7, 11) is -6.11. The Balaban J connectivity index is 1.45. The highest BCUT2D eigenvalue weighted by molar-refractivity contribution is 7.84. The zero-order valence-corrected chi connectivity index (χ0v) is 24.0. The van der Waals surface area contributed by atoms with Crippen molar-refractivity contribution < 1.29 is 45.8 Å². The Labute approximate surface area is 229 Å². The first-order valence-electron chi connectivity index (χ1n) is 13.7. The normalized spacial score (nSPS) is 31.8. The van der Waals surface area contributed by atoms with E-state index < -0.39 is 36.9 Å². The summed E-state index contributed by atoms with van der Waals surface area (Å²) in [5.41, 5.74) is 1.95. The molecule has 1 aromatic carbocycles. The van der Waals surface area contributed by atoms with Crippen LogP contribution >= 0.6 is 7.82 Å². The second-order valence-electron chi connectivity index (χ2n) is 12.0. The fraction of sp³-hybridized carbons (Fsp3) is 0.778. The second kappa shape index (κ2) is 11.3. The lowest BCUT2D eigenvalue weighted by Gasteiger charge is -2.53. The maximum absolute atomic E-state index is 13.5. The van der Waals surface area contributed by atoms with Gasteiger partial charge in [0, 0.05) is 35.6 Å². The molecule has 3 aliphatic carbocycles. The molecule has 0 radical (unpaired) electrons. The van der Waals surface area contributed by atoms with Gasteiger partial charge < -0.3 is 9.63 Å². The lowest BCUT2D eigenvalue weighted by Crippen LogP contribution is -2.47. The number of alkyl halides is 4. The highest BCUT2D eigenvalue weighted by atomic mass is 32.2. The van der Waals surface area contributed by atoms with Gasteiger partial charge in [0.15, 0.2) is 0 Å². The SMILES string of the molecule is CC(F)(F)C(F)(F)CCCS(=O)CCC[C@@H]1Cc2cc(OP(=O)(O)O)ccc2[C@H]2CC[C@]3(C)[C@@H](O)CC[C@H]3[C@H]12. The van der Waals surface area contributed by atoms with E-state index in [1.165, 1.54) is 0 Å². The van der Waals surface area contributed by atoms with Crippen molar-refractivity contribution in [3.05, 3.63) is 29.3 Å². The summed E-state index contributed by atoms with van der Waals surface area (Å²) in [6.45, 7) is 2.36. The molecule has 0 spiro atoms. The third kappa shape index (κ3) is 6.74. The molecule has 0 aromatic heterocycles. The minimum Gasteiger partial charge on any atom is -0.404 e. The lowest BCUT2D eigenvalue weighted by atomic mass is 9.52. The smallest absolute Gasteiger partial charge is 0.404 e. The molecule has 3 aliphatic rings. The first-order chi connectivity index (χ1) is 18.0. The molecule has 0 bridgehead atoms. The fourth-order valence-corrected chi connectivity index (χ4v) is 9.05. The van der Waals surface area contributed by atoms with Crippen molar-refractivity contribution in [3.8, 4) is 5.75 Å². The molecule has 3 N–H and O–H groups in total. The number of phosphoric acid groups is 1. The van der Waals surface area contributed by atoms with Crippen molar-refractivity contribution in [1.82, 2.24) is 0 Å². The van der Waals surface area contributed by atoms with E-state index in [-0.39, 0.29) is 48.2 Å². The largest absolute Gasteiger partial charge is 0.524 e. The van der Waals surface area contributed by atoms with Crippen LogP contribution in [-0.2, 0) is 21.8 Å². The van der Waals surface area contributed by atoms with Gasteiger partial charge in [-0.3, -0.25) is 14.0 Å². The van der Waals surface area contributed by atoms with E-state index in [1.54, 1.807) is 12.1 Å². The number of hydrogen-bond donors (Lipinski definition) is 3. The third-order valence-corrected chi connectivity index (χ3v) is 11.4. The number of aliphatic hydroxyl groups excluding tert-OH is 1. The number of halogens is 4. The maximum atomic E-state index is 13.5. The molecule has 222 valence electrons. The Bertz CT molecular complexity index is 1110. The molecule has 12 heteroatoms. The van der Waals surface area contributed by atoms with Gasteiger partial charge in [0.25, 0.3) is 0 Å². The molecule has 2 saturated carbocycles. The highest BCUT2D eigenvalue weighted by Crippen LogP contribution is 2.63. The molecule has 7 atom stereocenters. The van der Waals surface area contributed by atoms with Crippen LogP contribution in [-0.4, -0.2) is 48.6 Å². The van der Waals surface area contributed by atoms with Gasteiger partial charge in [-0.05, 0) is 104 Å². The maximum Gasteiger partial charge on any atom is 0.524 e. The van der Waals surface area contributed by atoms with Gasteiger partial charge in [-0.2, -0.15) is 8.78 Å². The molecule has 1 unspecified atom stereocenters. The van der Waals surface area contributed by atoms with Gasteiger partial charge in [0.05, 0.1) is 6.10 Å². The zero-order chi connectivity index (χ0) is 28.8. The van der Waals surface area contributed by atoms with E-state index in [0.29, 0.717) is 30.4 Å². The van der Waals surface area contributed by atoms with Crippen molar-refractivity contribution in [2.45, 2.75) is 95.5 Å². The van der Waals surface area contributed by atoms with Crippen LogP contribution in [0.15, 0.2) is 18.2 Å². The minimum atomic E-state index is -4.71. The number of benzene rings is 1. The topological polar surface area (TPSA) is 104 Å². The Morgan fingerprint density at radius 3 is 2.49 bits per heavy atom. The molecule has 0 amide bonds. The summed E-state index contributed by atoms with van der Waals surface area (Å²) in [6, 6.07) is 5.18. The van der Waals surface area contributed by atoms with E-state index in [9.17, 15) is 41.2 Å². The van der Waals surface area contributed by atoms with Crippen LogP contribution in [0.4, 0.5) is 17.6 Å². The zero-order valence-electron chi connectivity index (χ0n) is 22.3. The van der Waals surface area contributed by atoms with Crippen LogP contribution in [0.2, 0.25) is 0 Å². The number of aliphatic hydroxyl groups is 1. The molecular weight excluding hydrogens is 559 g/mol. The Morgan fingerprint density at radius 1 is 1.13 bits per heavy atom. The van der Waals surface area contributed by atoms with Crippen LogP contribution in [0.3, 0.4) is 0 Å². The van der Waals surface area contributed by atoms with Gasteiger partial charge in [-0.25, -0.2) is 13.3 Å². The summed E-state index contributed by atoms with van der Waals surface area (Å²) in [6.07, 6.45) is 3.81. The standard InChI is InChI=1S/C27H39F4O6PS/c1-25-12-10-21-20-7-6-19(37-38(33,34)35)16-18(20)15-17(24(21)22(25)8-9-23(25)32)5-3-13-39(36)14-4-11-27(30,31)26(2,28)29/h6-7,16-17,21-24,32H,3-5,8-15H2,1-2H3,(H2,33,34,35)/t17-,21-,22+,23+,24-,25+,39?/m1/s1. The quantitative estimate of drug-likeness (QED) is 0.207. The van der Waals surface area contributed by atoms with E-state index >= 15 is 0 Å². The van der Waals surface area contributed by atoms with Crippen molar-refractivity contribution in [2.24, 2.45) is 23.2 Å². The fourth-order valence-electron chi connectivity index (χ4n) is 7.50. The molecule has 0 saturated heterocycles. The van der Waals surface area contributed by atoms with E-state index in [2.05, 4.69) is 6.92 Å². The summed E-state index contributed by atoms with van der Waals surface area (Å²) in [4.78, 5) is 18.5. The summed E-state index contributed by atoms with van der Waals surface area (Å²) in [5.74, 6) is -6.87. The van der Waals surface area contributed by atoms with E-state index in [0.717, 1.165) is 43.2 Å². The number of fused-ring (bicyclic) bond motifs is 5. The third-order valence-electron chi connectivity index (χ3n) is 9.50. The molecule has 1 aromatic rings. The van der Waals surface area contributed by atoms with E-state index in [1.807, 2.05) is 6.07 Å². The van der Waals surface area contributed by atoms with Crippen LogP contribution < -0.4 is 4.52 Å². The van der Waals surface area contributed by atoms with Gasteiger partial charge in [0.2, 0.25) is 0 Å². The molecule has 2 fully saturated rings. The van der Waals surface area contributed by atoms with Crippen molar-refractivity contribution in [1.29, 1.82) is 0 Å². The molecular formula is C27H39F4O6PS. The predicted octanol–water partition coefficient (Wildman–Crippen LogP) is 6.20. The second-order valence-corrected chi connectivity index (χ2v) is 14.9. The highest BCUT2D eigenvalue weighted by Gasteiger charge is 2.56. The summed E-state index contributed by atoms with van der Waals surface area (Å²) >= 11 is 0. The van der Waals surface area contributed by atoms with Crippen molar-refractivity contribution in [2.75, 3.05) is 11.5 Å².